The van der Waals surface area contributed by atoms with E-state index in [9.17, 15) is 42.3 Å². The van der Waals surface area contributed by atoms with Crippen LogP contribution in [0.5, 0.6) is 0 Å². The normalized spacial score (nSPS) is 17.9. The van der Waals surface area contributed by atoms with E-state index in [1.807, 2.05) is 13.0 Å². The van der Waals surface area contributed by atoms with Crippen molar-refractivity contribution in [3.8, 4) is 0 Å². The topological polar surface area (TPSA) is 211 Å². The molecule has 6 aromatic rings. The number of carbonyl (C=O) groups is 3. The lowest BCUT2D eigenvalue weighted by molar-refractivity contribution is -0.362. The summed E-state index contributed by atoms with van der Waals surface area (Å²) < 4.78 is 64.5. The van der Waals surface area contributed by atoms with Crippen LogP contribution in [0.1, 0.15) is 58.5 Å². The Kier molecular flexibility index (Phi) is 13.8. The van der Waals surface area contributed by atoms with E-state index in [1.165, 1.54) is 62.8 Å². The first kappa shape index (κ1) is 50.9. The number of hydrogen-bond acceptors (Lipinski definition) is 10. The van der Waals surface area contributed by atoms with E-state index in [0.29, 0.717) is 59.9 Å². The molecule has 23 heteroatoms. The van der Waals surface area contributed by atoms with E-state index in [4.69, 9.17) is 0 Å². The summed E-state index contributed by atoms with van der Waals surface area (Å²) in [5, 5.41) is 3.64. The zero-order chi connectivity index (χ0) is 53.6. The van der Waals surface area contributed by atoms with Crippen LogP contribution < -0.4 is 27.8 Å². The summed E-state index contributed by atoms with van der Waals surface area (Å²) in [4.78, 5) is 106. The number of hydrogen-bond donors (Lipinski definition) is 3. The maximum Gasteiger partial charge on any atom is 0.625 e. The van der Waals surface area contributed by atoms with Crippen LogP contribution in [0.25, 0.3) is 22.1 Å². The van der Waals surface area contributed by atoms with E-state index < -0.39 is 52.7 Å². The molecule has 3 amide bonds. The average molecular weight is 1040 g/mol. The van der Waals surface area contributed by atoms with Gasteiger partial charge in [-0.15, -0.1) is 0 Å². The Labute approximate surface area is 429 Å². The number of amides is 3. The van der Waals surface area contributed by atoms with E-state index in [0.717, 1.165) is 16.1 Å². The van der Waals surface area contributed by atoms with Gasteiger partial charge >= 0.3 is 18.2 Å². The van der Waals surface area contributed by atoms with Gasteiger partial charge in [0.15, 0.2) is 5.70 Å². The molecule has 18 nitrogen and oxygen atoms in total. The van der Waals surface area contributed by atoms with Gasteiger partial charge in [-0.05, 0) is 73.0 Å². The summed E-state index contributed by atoms with van der Waals surface area (Å²) in [6.45, 7) is 2.68. The van der Waals surface area contributed by atoms with Crippen LogP contribution in [0.4, 0.5) is 17.4 Å². The number of pyridine rings is 2. The number of allylic oxidation sites excluding steroid dienone is 7. The molecular weight excluding hydrogens is 989 g/mol. The number of nitrogens with zero attached hydrogens (tertiary/aromatic N) is 8. The monoisotopic (exact) mass is 1040 g/mol. The second-order valence-electron chi connectivity index (χ2n) is 19.2. The fraction of sp³-hybridized carbons (Fsp3) is 0.283. The van der Waals surface area contributed by atoms with Gasteiger partial charge in [-0.25, -0.2) is 28.3 Å². The Bertz CT molecular complexity index is 3830. The quantitative estimate of drug-likeness (QED) is 0.139. The number of H-pyrrole nitrogens is 2. The highest BCUT2D eigenvalue weighted by Crippen LogP contribution is 2.50. The smallest absolute Gasteiger partial charge is 0.412 e. The summed E-state index contributed by atoms with van der Waals surface area (Å²) in [7, 11) is 0. The van der Waals surface area contributed by atoms with Crippen molar-refractivity contribution >= 4 is 52.3 Å². The number of carbonyl (C=O) groups excluding carboxylic acids is 3. The predicted octanol–water partition coefficient (Wildman–Crippen LogP) is 4.10. The molecule has 4 aliphatic heterocycles. The summed E-state index contributed by atoms with van der Waals surface area (Å²) in [6, 6.07) is 14.4. The Morgan fingerprint density at radius 1 is 0.684 bits per heavy atom. The van der Waals surface area contributed by atoms with Crippen molar-refractivity contribution in [2.45, 2.75) is 45.6 Å². The highest BCUT2D eigenvalue weighted by atomic mass is 19.2. The lowest BCUT2D eigenvalue weighted by Crippen LogP contribution is -2.50. The standard InChI is InChI=1S/C34H32BF3N6O4.C19H18FN5O3/c1-20-16-21(2)44-28(20)18-24-7-6-23(30(24)35(44,37)38)8-10-29(45)41-12-14-42(15-13-41)33(47)26-17-22(5-9-27(26)36)19-43-31-25(4-3-11-39-31)32(46)40-34(43)48;20-15-4-3-12(10-14(15)18(27)24-8-6-21-7-9-24)11-25-16-13(2-1-5-22-16)17(26)23-19(25)28/h3-7,9,11,16-18,30H,8,10,12-15,19H2,1-2H3,(H,40,46,48);1-5,10,21H,6-9,11H2,(H,23,26,28). The molecule has 2 saturated heterocycles. The molecule has 11 rings (SSSR count). The van der Waals surface area contributed by atoms with E-state index in [1.54, 1.807) is 53.2 Å². The van der Waals surface area contributed by atoms with Gasteiger partial charge < -0.3 is 33.1 Å². The minimum Gasteiger partial charge on any atom is -0.412 e. The molecule has 0 spiro atoms. The molecule has 0 radical (unpaired) electrons. The van der Waals surface area contributed by atoms with Gasteiger partial charge in [-0.2, -0.15) is 0 Å². The first-order valence-electron chi connectivity index (χ1n) is 24.7. The number of piperazine rings is 2. The van der Waals surface area contributed by atoms with Crippen LogP contribution in [0.2, 0.25) is 5.82 Å². The van der Waals surface area contributed by atoms with Crippen LogP contribution in [0.15, 0.2) is 139 Å². The number of aromatic amines is 2. The Morgan fingerprint density at radius 3 is 1.74 bits per heavy atom. The number of aromatic nitrogens is 6. The first-order chi connectivity index (χ1) is 36.5. The van der Waals surface area contributed by atoms with Crippen molar-refractivity contribution < 1.29 is 36.3 Å². The van der Waals surface area contributed by atoms with Gasteiger partial charge in [0.2, 0.25) is 5.91 Å². The fourth-order valence-electron chi connectivity index (χ4n) is 10.6. The van der Waals surface area contributed by atoms with E-state index >= 15 is 8.63 Å². The molecule has 76 heavy (non-hydrogen) atoms. The number of benzene rings is 2. The van der Waals surface area contributed by atoms with E-state index in [2.05, 4.69) is 25.3 Å². The van der Waals surface area contributed by atoms with Crippen molar-refractivity contribution in [1.29, 1.82) is 0 Å². The first-order valence-corrected chi connectivity index (χ1v) is 24.7. The van der Waals surface area contributed by atoms with Crippen LogP contribution >= 0.6 is 0 Å². The average Bonchev–Trinajstić information content (AvgIpc) is 3.99. The van der Waals surface area contributed by atoms with Gasteiger partial charge in [-0.3, -0.25) is 43.1 Å². The molecule has 4 aromatic heterocycles. The molecular formula is C53H50BF4N11O7. The summed E-state index contributed by atoms with van der Waals surface area (Å²) in [5.74, 6) is -3.52. The summed E-state index contributed by atoms with van der Waals surface area (Å²) >= 11 is 0. The molecule has 0 saturated carbocycles. The third-order valence-corrected chi connectivity index (χ3v) is 14.4. The number of nitrogens with one attached hydrogen (secondary N) is 3. The molecule has 3 N–H and O–H groups in total. The third kappa shape index (κ3) is 9.68. The molecule has 390 valence electrons. The van der Waals surface area contributed by atoms with Gasteiger partial charge in [0.25, 0.3) is 22.9 Å². The molecule has 8 heterocycles. The van der Waals surface area contributed by atoms with Gasteiger partial charge in [0.05, 0.1) is 35.0 Å². The van der Waals surface area contributed by atoms with E-state index in [-0.39, 0.29) is 97.1 Å². The second-order valence-corrected chi connectivity index (χ2v) is 19.2. The number of fused-ring (bicyclic) bond motifs is 4. The minimum atomic E-state index is -3.95. The highest BCUT2D eigenvalue weighted by molar-refractivity contribution is 6.63. The summed E-state index contributed by atoms with van der Waals surface area (Å²) in [5.41, 5.74) is 1.76. The van der Waals surface area contributed by atoms with Crippen molar-refractivity contribution in [2.24, 2.45) is 0 Å². The SMILES string of the molecule is CC1=CC(C)=[N+]2C1=CC1=CC=C(CCC(=O)N3CCN(C(=O)c4cc(Cn5c(=O)[nH]c(=O)c6cccnc65)ccc4F)CC3)C1[B-]2(F)F.O=C(c1cc(Cn2c(=O)[nH]c(=O)c3cccnc32)ccc1F)N1CCNCC1. The Morgan fingerprint density at radius 2 is 1.20 bits per heavy atom. The number of rotatable bonds is 9. The van der Waals surface area contributed by atoms with Crippen LogP contribution in [0.3, 0.4) is 0 Å². The summed E-state index contributed by atoms with van der Waals surface area (Å²) in [6.07, 6.45) is 10.2. The molecule has 2 aromatic carbocycles. The zero-order valence-corrected chi connectivity index (χ0v) is 41.3. The zero-order valence-electron chi connectivity index (χ0n) is 41.3. The second kappa shape index (κ2) is 20.6. The number of halogens is 4. The van der Waals surface area contributed by atoms with Gasteiger partial charge in [0, 0.05) is 102 Å². The van der Waals surface area contributed by atoms with Gasteiger partial charge in [0.1, 0.15) is 28.6 Å². The van der Waals surface area contributed by atoms with Crippen LogP contribution in [-0.4, -0.2) is 131 Å². The van der Waals surface area contributed by atoms with Crippen molar-refractivity contribution in [3.63, 3.8) is 0 Å². The molecule has 1 unspecified atom stereocenters. The maximum absolute atomic E-state index is 15.8. The van der Waals surface area contributed by atoms with Crippen molar-refractivity contribution in [3.05, 3.63) is 195 Å². The molecule has 5 aliphatic rings. The highest BCUT2D eigenvalue weighted by Gasteiger charge is 2.58. The predicted molar refractivity (Wildman–Crippen MR) is 275 cm³/mol. The third-order valence-electron chi connectivity index (χ3n) is 14.4. The lowest BCUT2D eigenvalue weighted by Gasteiger charge is -2.36. The maximum atomic E-state index is 15.8. The minimum absolute atomic E-state index is 0.0332. The molecule has 0 bridgehead atoms. The largest absolute Gasteiger partial charge is 0.625 e. The van der Waals surface area contributed by atoms with Gasteiger partial charge in [-0.1, -0.05) is 35.4 Å². The van der Waals surface area contributed by atoms with Crippen LogP contribution in [0, 0.1) is 11.6 Å². The Hall–Kier alpha value is -8.60. The molecule has 1 aliphatic carbocycles. The van der Waals surface area contributed by atoms with Crippen molar-refractivity contribution in [1.82, 2.24) is 49.1 Å². The Balaban J connectivity index is 0.000000199. The van der Waals surface area contributed by atoms with Crippen LogP contribution in [-0.2, 0) is 17.9 Å². The molecule has 2 fully saturated rings. The molecule has 1 atom stereocenters. The fourth-order valence-corrected chi connectivity index (χ4v) is 10.6. The van der Waals surface area contributed by atoms with Crippen molar-refractivity contribution in [2.75, 3.05) is 52.4 Å². The lowest BCUT2D eigenvalue weighted by atomic mass is 9.56.